The van der Waals surface area contributed by atoms with Crippen molar-refractivity contribution in [3.63, 3.8) is 0 Å². The van der Waals surface area contributed by atoms with Gasteiger partial charge in [-0.05, 0) is 66.7 Å². The van der Waals surface area contributed by atoms with Crippen molar-refractivity contribution in [3.05, 3.63) is 90.5 Å². The van der Waals surface area contributed by atoms with Gasteiger partial charge < -0.3 is 28.4 Å². The molecular formula is C28H26O9. The number of benzene rings is 3. The van der Waals surface area contributed by atoms with Crippen LogP contribution in [0.25, 0.3) is 0 Å². The van der Waals surface area contributed by atoms with Crippen LogP contribution in [0.15, 0.2) is 79.4 Å². The lowest BCUT2D eigenvalue weighted by atomic mass is 10.2. The molecule has 0 atom stereocenters. The van der Waals surface area contributed by atoms with E-state index in [1.54, 1.807) is 55.6 Å². The number of ether oxygens (including phenoxy) is 6. The summed E-state index contributed by atoms with van der Waals surface area (Å²) < 4.78 is 31.6. The summed E-state index contributed by atoms with van der Waals surface area (Å²) in [5.41, 5.74) is 0.505. The first-order chi connectivity index (χ1) is 17.9. The Labute approximate surface area is 214 Å². The van der Waals surface area contributed by atoms with E-state index in [1.165, 1.54) is 25.3 Å². The summed E-state index contributed by atoms with van der Waals surface area (Å²) in [6.07, 6.45) is 1.60. The molecule has 0 amide bonds. The van der Waals surface area contributed by atoms with Crippen LogP contribution in [0.1, 0.15) is 27.1 Å². The molecule has 0 saturated heterocycles. The Morgan fingerprint density at radius 2 is 1.32 bits per heavy atom. The monoisotopic (exact) mass is 506 g/mol. The van der Waals surface area contributed by atoms with E-state index in [2.05, 4.69) is 6.58 Å². The summed E-state index contributed by atoms with van der Waals surface area (Å²) in [6.45, 7) is 3.87. The first-order valence-electron chi connectivity index (χ1n) is 11.2. The van der Waals surface area contributed by atoms with Crippen LogP contribution in [0, 0.1) is 0 Å². The van der Waals surface area contributed by atoms with E-state index in [0.29, 0.717) is 30.3 Å². The predicted octanol–water partition coefficient (Wildman–Crippen LogP) is 4.64. The molecule has 0 unspecified atom stereocenters. The molecule has 37 heavy (non-hydrogen) atoms. The van der Waals surface area contributed by atoms with Crippen LogP contribution in [0.2, 0.25) is 0 Å². The third kappa shape index (κ3) is 7.86. The fourth-order valence-corrected chi connectivity index (χ4v) is 3.02. The molecule has 192 valence electrons. The maximum Gasteiger partial charge on any atom is 0.343 e. The van der Waals surface area contributed by atoms with Gasteiger partial charge in [0, 0.05) is 12.5 Å². The second-order valence-corrected chi connectivity index (χ2v) is 7.42. The smallest absolute Gasteiger partial charge is 0.343 e. The average Bonchev–Trinajstić information content (AvgIpc) is 2.93. The van der Waals surface area contributed by atoms with E-state index in [-0.39, 0.29) is 29.2 Å². The van der Waals surface area contributed by atoms with Crippen LogP contribution in [0.4, 0.5) is 0 Å². The van der Waals surface area contributed by atoms with Crippen LogP contribution in [0.3, 0.4) is 0 Å². The van der Waals surface area contributed by atoms with Crippen molar-refractivity contribution in [1.82, 2.24) is 0 Å². The minimum absolute atomic E-state index is 0.142. The van der Waals surface area contributed by atoms with Crippen LogP contribution in [0.5, 0.6) is 28.7 Å². The van der Waals surface area contributed by atoms with Gasteiger partial charge in [0.25, 0.3) is 0 Å². The number of hydrogen-bond donors (Lipinski definition) is 0. The molecule has 3 aromatic rings. The van der Waals surface area contributed by atoms with Crippen molar-refractivity contribution in [2.24, 2.45) is 0 Å². The highest BCUT2D eigenvalue weighted by Crippen LogP contribution is 2.30. The van der Waals surface area contributed by atoms with Gasteiger partial charge in [-0.15, -0.1) is 0 Å². The maximum absolute atomic E-state index is 12.6. The van der Waals surface area contributed by atoms with Gasteiger partial charge >= 0.3 is 17.9 Å². The fraction of sp³-hybridized carbons (Fsp3) is 0.179. The van der Waals surface area contributed by atoms with Crippen LogP contribution in [-0.4, -0.2) is 45.3 Å². The molecule has 3 rings (SSSR count). The van der Waals surface area contributed by atoms with Crippen LogP contribution < -0.4 is 23.7 Å². The topological polar surface area (TPSA) is 107 Å². The standard InChI is InChI=1S/C28H26O9/c1-4-26(29)35-17-5-16-34-22-9-6-19(7-10-22)27(30)37-24-15-8-20(18-25(24)33-3)28(31)36-23-13-11-21(32-2)12-14-23/h4,6-15,18H,1,5,16-17H2,2-3H3. The molecule has 0 aliphatic heterocycles. The zero-order valence-electron chi connectivity index (χ0n) is 20.4. The molecule has 9 nitrogen and oxygen atoms in total. The number of carbonyl (C=O) groups excluding carboxylic acids is 3. The van der Waals surface area contributed by atoms with Gasteiger partial charge in [0.1, 0.15) is 17.2 Å². The Kier molecular flexibility index (Phi) is 9.66. The highest BCUT2D eigenvalue weighted by Gasteiger charge is 2.17. The SMILES string of the molecule is C=CC(=O)OCCCOc1ccc(C(=O)Oc2ccc(C(=O)Oc3ccc(OC)cc3)cc2OC)cc1. The van der Waals surface area contributed by atoms with E-state index in [4.69, 9.17) is 28.4 Å². The Morgan fingerprint density at radius 3 is 1.97 bits per heavy atom. The highest BCUT2D eigenvalue weighted by molar-refractivity contribution is 5.93. The van der Waals surface area contributed by atoms with E-state index >= 15 is 0 Å². The molecule has 0 heterocycles. The molecule has 9 heteroatoms. The van der Waals surface area contributed by atoms with Crippen molar-refractivity contribution >= 4 is 17.9 Å². The molecule has 0 radical (unpaired) electrons. The number of methoxy groups -OCH3 is 2. The molecule has 0 saturated carbocycles. The molecule has 0 spiro atoms. The lowest BCUT2D eigenvalue weighted by molar-refractivity contribution is -0.137. The van der Waals surface area contributed by atoms with Gasteiger partial charge in [0.2, 0.25) is 0 Å². The number of carbonyl (C=O) groups is 3. The van der Waals surface area contributed by atoms with Gasteiger partial charge in [-0.1, -0.05) is 6.58 Å². The second-order valence-electron chi connectivity index (χ2n) is 7.42. The zero-order chi connectivity index (χ0) is 26.6. The fourth-order valence-electron chi connectivity index (χ4n) is 3.02. The van der Waals surface area contributed by atoms with Crippen molar-refractivity contribution in [1.29, 1.82) is 0 Å². The second kappa shape index (κ2) is 13.3. The number of hydrogen-bond acceptors (Lipinski definition) is 9. The molecule has 0 N–H and O–H groups in total. The van der Waals surface area contributed by atoms with E-state index < -0.39 is 17.9 Å². The van der Waals surface area contributed by atoms with E-state index in [9.17, 15) is 14.4 Å². The minimum Gasteiger partial charge on any atom is -0.497 e. The minimum atomic E-state index is -0.616. The van der Waals surface area contributed by atoms with Crippen molar-refractivity contribution in [2.75, 3.05) is 27.4 Å². The maximum atomic E-state index is 12.6. The predicted molar refractivity (Wildman–Crippen MR) is 134 cm³/mol. The largest absolute Gasteiger partial charge is 0.497 e. The van der Waals surface area contributed by atoms with E-state index in [0.717, 1.165) is 6.08 Å². The summed E-state index contributed by atoms with van der Waals surface area (Å²) in [5, 5.41) is 0. The Hall–Kier alpha value is -4.79. The Morgan fingerprint density at radius 1 is 0.703 bits per heavy atom. The zero-order valence-corrected chi connectivity index (χ0v) is 20.4. The van der Waals surface area contributed by atoms with Gasteiger partial charge in [-0.25, -0.2) is 14.4 Å². The molecular weight excluding hydrogens is 480 g/mol. The van der Waals surface area contributed by atoms with Crippen LogP contribution >= 0.6 is 0 Å². The molecule has 3 aromatic carbocycles. The normalized spacial score (nSPS) is 10.1. The van der Waals surface area contributed by atoms with Crippen molar-refractivity contribution in [3.8, 4) is 28.7 Å². The first kappa shape index (κ1) is 26.8. The van der Waals surface area contributed by atoms with E-state index in [1.807, 2.05) is 0 Å². The summed E-state index contributed by atoms with van der Waals surface area (Å²) in [6, 6.07) is 17.3. The molecule has 0 aromatic heterocycles. The third-order valence-corrected chi connectivity index (χ3v) is 4.93. The van der Waals surface area contributed by atoms with Crippen molar-refractivity contribution in [2.45, 2.75) is 6.42 Å². The average molecular weight is 507 g/mol. The quantitative estimate of drug-likeness (QED) is 0.150. The summed E-state index contributed by atoms with van der Waals surface area (Å²) >= 11 is 0. The Bertz CT molecular complexity index is 1230. The molecule has 0 aliphatic rings. The molecule has 0 bridgehead atoms. The first-order valence-corrected chi connectivity index (χ1v) is 11.2. The van der Waals surface area contributed by atoms with Gasteiger partial charge in [0.15, 0.2) is 11.5 Å². The number of esters is 3. The lowest BCUT2D eigenvalue weighted by Gasteiger charge is -2.11. The summed E-state index contributed by atoms with van der Waals surface area (Å²) in [4.78, 5) is 36.1. The summed E-state index contributed by atoms with van der Waals surface area (Å²) in [5.74, 6) is 0.164. The number of rotatable bonds is 12. The summed E-state index contributed by atoms with van der Waals surface area (Å²) in [7, 11) is 2.94. The van der Waals surface area contributed by atoms with Crippen molar-refractivity contribution < 1.29 is 42.8 Å². The molecule has 0 fully saturated rings. The molecule has 0 aliphatic carbocycles. The van der Waals surface area contributed by atoms with Gasteiger partial charge in [0.05, 0.1) is 38.6 Å². The van der Waals surface area contributed by atoms with Crippen LogP contribution in [-0.2, 0) is 9.53 Å². The van der Waals surface area contributed by atoms with Gasteiger partial charge in [-0.2, -0.15) is 0 Å². The lowest BCUT2D eigenvalue weighted by Crippen LogP contribution is -2.11. The highest BCUT2D eigenvalue weighted by atomic mass is 16.6. The van der Waals surface area contributed by atoms with Gasteiger partial charge in [-0.3, -0.25) is 0 Å². The Balaban J connectivity index is 1.56. The third-order valence-electron chi connectivity index (χ3n) is 4.93.